The van der Waals surface area contributed by atoms with Crippen molar-refractivity contribution < 1.29 is 27.7 Å². The molecule has 3 aliphatic heterocycles. The molecule has 6 nitrogen and oxygen atoms in total. The van der Waals surface area contributed by atoms with Crippen molar-refractivity contribution in [2.24, 2.45) is 0 Å². The number of nitrogens with zero attached hydrogens (tertiary/aromatic N) is 2. The smallest absolute Gasteiger partial charge is 0.127 e. The molecule has 0 aliphatic carbocycles. The van der Waals surface area contributed by atoms with E-state index < -0.39 is 5.60 Å². The van der Waals surface area contributed by atoms with Gasteiger partial charge in [-0.3, -0.25) is 10.2 Å². The van der Waals surface area contributed by atoms with E-state index in [-0.39, 0.29) is 11.6 Å². The minimum absolute atomic E-state index is 0.271. The molecule has 6 rings (SSSR count). The third-order valence-electron chi connectivity index (χ3n) is 8.20. The maximum Gasteiger partial charge on any atom is 0.127 e. The van der Waals surface area contributed by atoms with E-state index in [0.29, 0.717) is 45.0 Å². The van der Waals surface area contributed by atoms with Gasteiger partial charge in [-0.2, -0.15) is 0 Å². The molecule has 0 N–H and O–H groups in total. The molecular formula is C32H33F2N2O4. The second-order valence-electron chi connectivity index (χ2n) is 10.5. The van der Waals surface area contributed by atoms with E-state index in [1.54, 1.807) is 26.4 Å². The van der Waals surface area contributed by atoms with Gasteiger partial charge < -0.3 is 18.9 Å². The summed E-state index contributed by atoms with van der Waals surface area (Å²) in [4.78, 5) is 2.33. The highest BCUT2D eigenvalue weighted by molar-refractivity contribution is 5.94. The number of hydrogen-bond acceptors (Lipinski definition) is 5. The Labute approximate surface area is 233 Å². The van der Waals surface area contributed by atoms with Crippen LogP contribution in [0.1, 0.15) is 30.4 Å². The van der Waals surface area contributed by atoms with Crippen molar-refractivity contribution in [1.29, 1.82) is 0 Å². The number of ether oxygens (including phenoxy) is 4. The van der Waals surface area contributed by atoms with Gasteiger partial charge in [-0.05, 0) is 52.6 Å². The van der Waals surface area contributed by atoms with Gasteiger partial charge in [0, 0.05) is 82.6 Å². The molecule has 1 fully saturated rings. The second kappa shape index (κ2) is 11.2. The van der Waals surface area contributed by atoms with Crippen LogP contribution in [0.25, 0.3) is 16.7 Å². The highest BCUT2D eigenvalue weighted by Crippen LogP contribution is 2.46. The Morgan fingerprint density at radius 2 is 1.75 bits per heavy atom. The van der Waals surface area contributed by atoms with Crippen molar-refractivity contribution in [2.75, 3.05) is 53.7 Å². The molecule has 0 saturated carbocycles. The molecular weight excluding hydrogens is 514 g/mol. The SMILES string of the molecule is COc1cc2c(c(-c3ccc(F)cc3)c1)C1=C(CCN(CCOc3cc(F)cc(C4(OC)CCOCC4)c3)C1)[N]2. The monoisotopic (exact) mass is 547 g/mol. The summed E-state index contributed by atoms with van der Waals surface area (Å²) < 4.78 is 51.2. The van der Waals surface area contributed by atoms with Crippen molar-refractivity contribution >= 4 is 11.3 Å². The molecule has 0 atom stereocenters. The van der Waals surface area contributed by atoms with E-state index >= 15 is 0 Å². The molecule has 40 heavy (non-hydrogen) atoms. The van der Waals surface area contributed by atoms with Gasteiger partial charge in [0.15, 0.2) is 0 Å². The average molecular weight is 548 g/mol. The van der Waals surface area contributed by atoms with E-state index in [1.165, 1.54) is 29.8 Å². The molecule has 3 heterocycles. The Balaban J connectivity index is 1.17. The summed E-state index contributed by atoms with van der Waals surface area (Å²) in [5.41, 5.74) is 6.35. The molecule has 0 bridgehead atoms. The van der Waals surface area contributed by atoms with Gasteiger partial charge in [0.05, 0.1) is 18.4 Å². The molecule has 0 aromatic heterocycles. The summed E-state index contributed by atoms with van der Waals surface area (Å²) in [7, 11) is 3.31. The normalized spacial score (nSPS) is 18.2. The van der Waals surface area contributed by atoms with Crippen LogP contribution in [-0.2, 0) is 15.1 Å². The molecule has 0 amide bonds. The zero-order valence-electron chi connectivity index (χ0n) is 22.8. The molecule has 0 unspecified atom stereocenters. The Kier molecular flexibility index (Phi) is 7.49. The Bertz CT molecular complexity index is 1420. The van der Waals surface area contributed by atoms with Crippen LogP contribution in [0.15, 0.2) is 60.3 Å². The summed E-state index contributed by atoms with van der Waals surface area (Å²) in [5.74, 6) is 0.613. The zero-order chi connectivity index (χ0) is 27.7. The number of benzene rings is 3. The largest absolute Gasteiger partial charge is 0.497 e. The summed E-state index contributed by atoms with van der Waals surface area (Å²) in [5, 5.41) is 4.93. The first-order valence-electron chi connectivity index (χ1n) is 13.7. The first-order valence-corrected chi connectivity index (χ1v) is 13.7. The highest BCUT2D eigenvalue weighted by atomic mass is 19.1. The first kappa shape index (κ1) is 26.7. The van der Waals surface area contributed by atoms with Crippen LogP contribution in [0, 0.1) is 11.6 Å². The maximum atomic E-state index is 14.6. The quantitative estimate of drug-likeness (QED) is 0.344. The molecule has 209 valence electrons. The Hall–Kier alpha value is -3.46. The lowest BCUT2D eigenvalue weighted by atomic mass is 9.86. The van der Waals surface area contributed by atoms with Crippen molar-refractivity contribution in [3.8, 4) is 22.6 Å². The topological polar surface area (TPSA) is 54.3 Å². The summed E-state index contributed by atoms with van der Waals surface area (Å²) >= 11 is 0. The van der Waals surface area contributed by atoms with E-state index in [9.17, 15) is 8.78 Å². The van der Waals surface area contributed by atoms with Crippen molar-refractivity contribution in [3.05, 3.63) is 83.1 Å². The highest BCUT2D eigenvalue weighted by Gasteiger charge is 2.35. The van der Waals surface area contributed by atoms with E-state index in [2.05, 4.69) is 4.90 Å². The number of methoxy groups -OCH3 is 2. The number of halogens is 2. The van der Waals surface area contributed by atoms with Crippen LogP contribution in [-0.4, -0.2) is 58.6 Å². The van der Waals surface area contributed by atoms with Gasteiger partial charge in [-0.25, -0.2) is 8.78 Å². The molecule has 3 aliphatic rings. The third-order valence-corrected chi connectivity index (χ3v) is 8.20. The lowest BCUT2D eigenvalue weighted by Crippen LogP contribution is -2.36. The summed E-state index contributed by atoms with van der Waals surface area (Å²) in [6.07, 6.45) is 2.17. The van der Waals surface area contributed by atoms with Crippen LogP contribution in [0.3, 0.4) is 0 Å². The average Bonchev–Trinajstić information content (AvgIpc) is 3.35. The standard InChI is InChI=1S/C32H33F2N2O4/c1-37-25-18-27(21-3-5-23(33)6-4-21)31-28-20-36(10-7-29(28)35-30(31)19-25)11-14-40-26-16-22(15-24(34)17-26)32(38-2)8-12-39-13-9-32/h3-6,15-19H,7-14,20H2,1-2H3. The Morgan fingerprint density at radius 3 is 2.50 bits per heavy atom. The fourth-order valence-electron chi connectivity index (χ4n) is 5.99. The van der Waals surface area contributed by atoms with Gasteiger partial charge >= 0.3 is 0 Å². The van der Waals surface area contributed by atoms with E-state index in [1.807, 2.05) is 18.2 Å². The van der Waals surface area contributed by atoms with Crippen molar-refractivity contribution in [3.63, 3.8) is 0 Å². The second-order valence-corrected chi connectivity index (χ2v) is 10.5. The molecule has 3 aromatic carbocycles. The van der Waals surface area contributed by atoms with Crippen LogP contribution in [0.4, 0.5) is 14.5 Å². The van der Waals surface area contributed by atoms with Crippen LogP contribution in [0.5, 0.6) is 11.5 Å². The predicted molar refractivity (Wildman–Crippen MR) is 149 cm³/mol. The molecule has 0 spiro atoms. The van der Waals surface area contributed by atoms with Crippen molar-refractivity contribution in [1.82, 2.24) is 10.2 Å². The molecule has 8 heteroatoms. The minimum atomic E-state index is -0.557. The Morgan fingerprint density at radius 1 is 0.950 bits per heavy atom. The van der Waals surface area contributed by atoms with Crippen molar-refractivity contribution in [2.45, 2.75) is 24.9 Å². The van der Waals surface area contributed by atoms with Gasteiger partial charge in [0.2, 0.25) is 0 Å². The van der Waals surface area contributed by atoms with E-state index in [0.717, 1.165) is 58.9 Å². The summed E-state index contributed by atoms with van der Waals surface area (Å²) in [6.45, 7) is 3.84. The third kappa shape index (κ3) is 5.19. The lowest BCUT2D eigenvalue weighted by Gasteiger charge is -2.36. The van der Waals surface area contributed by atoms with Crippen LogP contribution in [0.2, 0.25) is 0 Å². The van der Waals surface area contributed by atoms with Gasteiger partial charge in [0.1, 0.15) is 29.7 Å². The van der Waals surface area contributed by atoms with Gasteiger partial charge in [-0.1, -0.05) is 12.1 Å². The zero-order valence-corrected chi connectivity index (χ0v) is 22.8. The minimum Gasteiger partial charge on any atom is -0.497 e. The fourth-order valence-corrected chi connectivity index (χ4v) is 5.99. The number of hydrogen-bond donors (Lipinski definition) is 0. The first-order chi connectivity index (χ1) is 19.5. The van der Waals surface area contributed by atoms with Gasteiger partial charge in [-0.15, -0.1) is 0 Å². The van der Waals surface area contributed by atoms with Gasteiger partial charge in [0.25, 0.3) is 0 Å². The number of fused-ring (bicyclic) bond motifs is 2. The summed E-state index contributed by atoms with van der Waals surface area (Å²) in [6, 6.07) is 15.3. The van der Waals surface area contributed by atoms with Crippen LogP contribution >= 0.6 is 0 Å². The molecule has 3 aromatic rings. The predicted octanol–water partition coefficient (Wildman–Crippen LogP) is 6.04. The molecule has 1 radical (unpaired) electrons. The lowest BCUT2D eigenvalue weighted by molar-refractivity contribution is -0.0950. The fraction of sp³-hybridized carbons (Fsp3) is 0.375. The van der Waals surface area contributed by atoms with Crippen LogP contribution < -0.4 is 14.8 Å². The maximum absolute atomic E-state index is 14.6. The van der Waals surface area contributed by atoms with E-state index in [4.69, 9.17) is 24.3 Å². The molecule has 1 saturated heterocycles. The number of rotatable bonds is 8.